The van der Waals surface area contributed by atoms with Gasteiger partial charge in [-0.3, -0.25) is 9.55 Å². The van der Waals surface area contributed by atoms with E-state index in [1.807, 2.05) is 108 Å². The first-order valence-corrected chi connectivity index (χ1v) is 24.5. The summed E-state index contributed by atoms with van der Waals surface area (Å²) in [5.41, 5.74) is 9.18. The van der Waals surface area contributed by atoms with Crippen LogP contribution in [0.4, 0.5) is 0 Å². The molecule has 0 saturated carbocycles. The first kappa shape index (κ1) is 37.7. The smallest absolute Gasteiger partial charge is 0.149 e. The Morgan fingerprint density at radius 3 is 1.83 bits per heavy atom. The Hall–Kier alpha value is -7.04. The number of pyridine rings is 1. The topological polar surface area (TPSA) is 50.9 Å². The molecule has 71 heavy (non-hydrogen) atoms. The van der Waals surface area contributed by atoms with Crippen molar-refractivity contribution in [3.8, 4) is 78.6 Å². The molecule has 0 saturated heterocycles. The van der Waals surface area contributed by atoms with Crippen LogP contribution in [0.3, 0.4) is 0 Å². The average Bonchev–Trinajstić information content (AvgIpc) is 2.46. The fourth-order valence-electron chi connectivity index (χ4n) is 9.34. The number of fused-ring (bicyclic) bond motifs is 1. The van der Waals surface area contributed by atoms with Crippen LogP contribution in [0.1, 0.15) is 149 Å². The molecule has 4 heteroatoms. The monoisotopic (exact) mass is 944 g/mol. The van der Waals surface area contributed by atoms with E-state index in [1.165, 1.54) is 6.07 Å². The molecule has 2 aromatic heterocycles. The highest BCUT2D eigenvalue weighted by Gasteiger charge is 2.29. The van der Waals surface area contributed by atoms with Gasteiger partial charge in [0.25, 0.3) is 0 Å². The van der Waals surface area contributed by atoms with Gasteiger partial charge in [-0.25, -0.2) is 4.98 Å². The van der Waals surface area contributed by atoms with Crippen LogP contribution in [0.5, 0.6) is 5.75 Å². The van der Waals surface area contributed by atoms with E-state index in [0.717, 1.165) is 68.3 Å². The van der Waals surface area contributed by atoms with E-state index >= 15 is 0 Å². The lowest BCUT2D eigenvalue weighted by atomic mass is 9.79. The van der Waals surface area contributed by atoms with Crippen molar-refractivity contribution < 1.29 is 18.8 Å². The summed E-state index contributed by atoms with van der Waals surface area (Å²) < 4.78 is 90.7. The van der Waals surface area contributed by atoms with Gasteiger partial charge in [0.15, 0.2) is 0 Å². The molecule has 9 rings (SSSR count). The van der Waals surface area contributed by atoms with Gasteiger partial charge in [0, 0.05) is 36.6 Å². The summed E-state index contributed by atoms with van der Waals surface area (Å²) >= 11 is 0. The normalized spacial score (nSPS) is 15.2. The fraction of sp³-hybridized carbons (Fsp3) is 0.284. The maximum Gasteiger partial charge on any atom is 0.149 e. The third kappa shape index (κ3) is 9.87. The number of imidazole rings is 1. The number of aromatic hydroxyl groups is 1. The van der Waals surface area contributed by atoms with Crippen LogP contribution >= 0.6 is 0 Å². The molecule has 7 aromatic carbocycles. The molecule has 0 unspecified atom stereocenters. The SMILES string of the molecule is [2H]C([2H])([2H])c1cc(-c2cc(C(C)C)cc(C([2H])(C)C)c2)ccc1-n1c(-c2cc(C(C)(C)C)cc(C(C)(C([2H])([2H])[2H])C([2H])([2H])[2H])c2O)nc2c(-c3cc(-c4cc(-c5ccc(-c6ccccc6)cc5)ccn4)cc(C(C)(C)C)c3)cccc21. The highest BCUT2D eigenvalue weighted by molar-refractivity contribution is 5.97. The maximum absolute atomic E-state index is 12.8. The van der Waals surface area contributed by atoms with Crippen LogP contribution in [-0.2, 0) is 16.2 Å². The first-order valence-electron chi connectivity index (χ1n) is 29.5. The quantitative estimate of drug-likeness (QED) is 0.157. The Labute approximate surface area is 437 Å². The number of nitrogens with zero attached hydrogens (tertiary/aromatic N) is 3. The average molecular weight is 944 g/mol. The minimum absolute atomic E-state index is 0.0220. The van der Waals surface area contributed by atoms with Crippen molar-refractivity contribution >= 4 is 11.0 Å². The van der Waals surface area contributed by atoms with Gasteiger partial charge in [-0.15, -0.1) is 0 Å². The van der Waals surface area contributed by atoms with Crippen molar-refractivity contribution in [2.75, 3.05) is 0 Å². The molecule has 0 aliphatic heterocycles. The molecule has 0 amide bonds. The second-order valence-corrected chi connectivity index (χ2v) is 21.9. The molecule has 2 heterocycles. The van der Waals surface area contributed by atoms with Crippen LogP contribution in [0, 0.1) is 6.85 Å². The van der Waals surface area contributed by atoms with Crippen molar-refractivity contribution in [2.24, 2.45) is 0 Å². The molecule has 0 spiro atoms. The number of benzene rings is 7. The molecule has 0 radical (unpaired) electrons. The van der Waals surface area contributed by atoms with Crippen LogP contribution in [0.2, 0.25) is 0 Å². The predicted molar refractivity (Wildman–Crippen MR) is 302 cm³/mol. The second kappa shape index (κ2) is 18.6. The van der Waals surface area contributed by atoms with Gasteiger partial charge in [0.1, 0.15) is 11.6 Å². The van der Waals surface area contributed by atoms with Crippen LogP contribution in [0.15, 0.2) is 158 Å². The van der Waals surface area contributed by atoms with Crippen molar-refractivity contribution in [3.05, 3.63) is 191 Å². The van der Waals surface area contributed by atoms with E-state index in [4.69, 9.17) is 19.6 Å². The second-order valence-electron chi connectivity index (χ2n) is 21.9. The van der Waals surface area contributed by atoms with Gasteiger partial charge in [0.2, 0.25) is 0 Å². The third-order valence-corrected chi connectivity index (χ3v) is 13.7. The first-order chi connectivity index (χ1) is 37.6. The van der Waals surface area contributed by atoms with E-state index in [9.17, 15) is 9.22 Å². The summed E-state index contributed by atoms with van der Waals surface area (Å²) in [6.07, 6.45) is 1.81. The van der Waals surface area contributed by atoms with Crippen molar-refractivity contribution in [3.63, 3.8) is 0 Å². The van der Waals surface area contributed by atoms with E-state index in [0.29, 0.717) is 27.7 Å². The van der Waals surface area contributed by atoms with E-state index in [-0.39, 0.29) is 39.5 Å². The fourth-order valence-corrected chi connectivity index (χ4v) is 9.34. The summed E-state index contributed by atoms with van der Waals surface area (Å²) in [6, 6.07) is 49.2. The molecule has 0 aliphatic carbocycles. The number of hydrogen-bond donors (Lipinski definition) is 1. The summed E-state index contributed by atoms with van der Waals surface area (Å²) in [7, 11) is 0. The zero-order valence-corrected chi connectivity index (χ0v) is 42.9. The van der Waals surface area contributed by atoms with Crippen molar-refractivity contribution in [1.29, 1.82) is 0 Å². The molecule has 4 nitrogen and oxygen atoms in total. The van der Waals surface area contributed by atoms with Gasteiger partial charge < -0.3 is 5.11 Å². The van der Waals surface area contributed by atoms with Gasteiger partial charge in [0.05, 0.1) is 28.0 Å². The molecule has 0 aliphatic rings. The number of phenols is 1. The van der Waals surface area contributed by atoms with Crippen LogP contribution < -0.4 is 0 Å². The Balaban J connectivity index is 1.34. The van der Waals surface area contributed by atoms with E-state index in [2.05, 4.69) is 95.3 Å². The molecule has 0 fully saturated rings. The summed E-state index contributed by atoms with van der Waals surface area (Å²) in [5.74, 6) is -1.36. The summed E-state index contributed by atoms with van der Waals surface area (Å²) in [4.78, 5) is 10.3. The Morgan fingerprint density at radius 2 is 1.17 bits per heavy atom. The van der Waals surface area contributed by atoms with Crippen molar-refractivity contribution in [1.82, 2.24) is 14.5 Å². The molecule has 1 N–H and O–H groups in total. The van der Waals surface area contributed by atoms with Crippen molar-refractivity contribution in [2.45, 2.75) is 125 Å². The Kier molecular flexibility index (Phi) is 9.89. The number of aryl methyl sites for hydroxylation is 1. The molecule has 9 aromatic rings. The lowest BCUT2D eigenvalue weighted by Gasteiger charge is -2.27. The van der Waals surface area contributed by atoms with Gasteiger partial charge in [-0.1, -0.05) is 193 Å². The lowest BCUT2D eigenvalue weighted by molar-refractivity contribution is 0.446. The summed E-state index contributed by atoms with van der Waals surface area (Å²) in [6.45, 7) is 12.1. The number of aromatic nitrogens is 3. The Morgan fingerprint density at radius 1 is 0.535 bits per heavy atom. The van der Waals surface area contributed by atoms with Gasteiger partial charge >= 0.3 is 0 Å². The van der Waals surface area contributed by atoms with Crippen LogP contribution in [-0.4, -0.2) is 19.6 Å². The molecular weight excluding hydrogens is 863 g/mol. The highest BCUT2D eigenvalue weighted by Crippen LogP contribution is 2.46. The van der Waals surface area contributed by atoms with Gasteiger partial charge in [-0.05, 0) is 150 Å². The molecule has 360 valence electrons. The number of para-hydroxylation sites is 1. The minimum atomic E-state index is -3.12. The number of rotatable bonds is 9. The van der Waals surface area contributed by atoms with E-state index < -0.39 is 43.0 Å². The zero-order valence-electron chi connectivity index (χ0n) is 52.9. The molecule has 0 bridgehead atoms. The number of hydrogen-bond acceptors (Lipinski definition) is 3. The highest BCUT2D eigenvalue weighted by atomic mass is 16.3. The summed E-state index contributed by atoms with van der Waals surface area (Å²) in [5, 5.41) is 12.8. The zero-order chi connectivity index (χ0) is 59.2. The number of phenolic OH excluding ortho intramolecular Hbond substituents is 1. The third-order valence-electron chi connectivity index (χ3n) is 13.7. The van der Waals surface area contributed by atoms with Gasteiger partial charge in [-0.2, -0.15) is 0 Å². The molecular formula is C67H71N3O. The van der Waals surface area contributed by atoms with Crippen LogP contribution in [0.25, 0.3) is 83.9 Å². The predicted octanol–water partition coefficient (Wildman–Crippen LogP) is 18.6. The Bertz CT molecular complexity index is 3810. The minimum Gasteiger partial charge on any atom is -0.507 e. The maximum atomic E-state index is 12.8. The van der Waals surface area contributed by atoms with E-state index in [1.54, 1.807) is 22.8 Å². The lowest BCUT2D eigenvalue weighted by Crippen LogP contribution is -2.17. The standard InChI is InChI=1S/C67H71N3O/c1-41(2)49-32-50(42(3)4)34-51(33-49)47-27-28-60(43(5)31-47)70-61-22-18-21-56(62(61)69-64(70)57-39-55(66(9,10)11)40-58(63(57)71)67(12,13)14)52-35-53(37-54(36-52)65(6,7)8)59-38-48(29-30-68-59)46-25-23-45(24-26-46)44-19-16-15-17-20-44/h15-42,71H,1-14H3/i5D3,12D3,13D3,41D. The largest absolute Gasteiger partial charge is 0.507 e. The molecule has 0 atom stereocenters.